The summed E-state index contributed by atoms with van der Waals surface area (Å²) >= 11 is 3.76. The fourth-order valence-corrected chi connectivity index (χ4v) is 2.62. The van der Waals surface area contributed by atoms with Crippen molar-refractivity contribution in [2.45, 2.75) is 84.0 Å². The van der Waals surface area contributed by atoms with Gasteiger partial charge < -0.3 is 5.11 Å². The molecule has 0 aromatic heterocycles. The Morgan fingerprint density at radius 3 is 1.75 bits per heavy atom. The summed E-state index contributed by atoms with van der Waals surface area (Å²) in [6, 6.07) is 0. The fourth-order valence-electron chi connectivity index (χ4n) is 2.40. The van der Waals surface area contributed by atoms with Gasteiger partial charge in [0.15, 0.2) is 5.12 Å². The van der Waals surface area contributed by atoms with Gasteiger partial charge in [-0.25, -0.2) is 0 Å². The standard InChI is InChI=1S/C16H30O3S/c1-2-3-4-5-6-7-8-9-10-11-12-14(16(19)20)13-15(17)18/h14H,2-13H2,1H3,(H,17,18)(H,19,20). The number of thiol groups is 1. The van der Waals surface area contributed by atoms with Crippen LogP contribution in [0.15, 0.2) is 0 Å². The molecular formula is C16H30O3S. The molecule has 4 heteroatoms. The third kappa shape index (κ3) is 12.5. The predicted molar refractivity (Wildman–Crippen MR) is 86.2 cm³/mol. The summed E-state index contributed by atoms with van der Waals surface area (Å²) in [7, 11) is 0. The van der Waals surface area contributed by atoms with Crippen LogP contribution in [-0.2, 0) is 9.59 Å². The van der Waals surface area contributed by atoms with Gasteiger partial charge in [0.25, 0.3) is 0 Å². The van der Waals surface area contributed by atoms with Crippen LogP contribution in [0.25, 0.3) is 0 Å². The second kappa shape index (κ2) is 13.5. The van der Waals surface area contributed by atoms with E-state index in [0.717, 1.165) is 12.8 Å². The van der Waals surface area contributed by atoms with Gasteiger partial charge in [-0.1, -0.05) is 71.1 Å². The predicted octanol–water partition coefficient (Wildman–Crippen LogP) is 4.84. The van der Waals surface area contributed by atoms with Crippen molar-refractivity contribution in [3.63, 3.8) is 0 Å². The maximum Gasteiger partial charge on any atom is 0.304 e. The van der Waals surface area contributed by atoms with Crippen molar-refractivity contribution in [2.75, 3.05) is 0 Å². The number of hydrogen-bond acceptors (Lipinski definition) is 2. The quantitative estimate of drug-likeness (QED) is 0.356. The van der Waals surface area contributed by atoms with Crippen LogP contribution in [0.2, 0.25) is 0 Å². The number of carbonyl (C=O) groups is 2. The molecule has 3 nitrogen and oxygen atoms in total. The Morgan fingerprint density at radius 2 is 1.35 bits per heavy atom. The summed E-state index contributed by atoms with van der Waals surface area (Å²) in [5.74, 6) is -1.32. The van der Waals surface area contributed by atoms with Crippen molar-refractivity contribution >= 4 is 23.7 Å². The average molecular weight is 302 g/mol. The maximum absolute atomic E-state index is 11.2. The Labute approximate surface area is 128 Å². The Hall–Kier alpha value is -0.510. The van der Waals surface area contributed by atoms with Gasteiger partial charge in [0, 0.05) is 5.92 Å². The highest BCUT2D eigenvalue weighted by Gasteiger charge is 2.18. The lowest BCUT2D eigenvalue weighted by atomic mass is 9.98. The lowest BCUT2D eigenvalue weighted by molar-refractivity contribution is -0.139. The van der Waals surface area contributed by atoms with Crippen LogP contribution in [0.4, 0.5) is 0 Å². The van der Waals surface area contributed by atoms with Gasteiger partial charge in [0.05, 0.1) is 6.42 Å². The third-order valence-electron chi connectivity index (χ3n) is 3.68. The van der Waals surface area contributed by atoms with Crippen molar-refractivity contribution in [3.05, 3.63) is 0 Å². The van der Waals surface area contributed by atoms with E-state index in [1.165, 1.54) is 51.4 Å². The SMILES string of the molecule is CCCCCCCCCCCCC(CC(=O)O)C(=O)S. The van der Waals surface area contributed by atoms with Crippen LogP contribution < -0.4 is 0 Å². The molecule has 0 aliphatic rings. The molecule has 0 aromatic rings. The molecule has 1 atom stereocenters. The minimum absolute atomic E-state index is 0.0836. The van der Waals surface area contributed by atoms with Crippen molar-refractivity contribution in [1.82, 2.24) is 0 Å². The van der Waals surface area contributed by atoms with Crippen LogP contribution in [0.3, 0.4) is 0 Å². The largest absolute Gasteiger partial charge is 0.481 e. The molecule has 0 heterocycles. The first-order valence-corrected chi connectivity index (χ1v) is 8.47. The van der Waals surface area contributed by atoms with Gasteiger partial charge >= 0.3 is 5.97 Å². The highest BCUT2D eigenvalue weighted by molar-refractivity contribution is 7.96. The van der Waals surface area contributed by atoms with Crippen LogP contribution >= 0.6 is 12.6 Å². The number of carboxylic acid groups (broad SMARTS) is 1. The van der Waals surface area contributed by atoms with Gasteiger partial charge in [-0.3, -0.25) is 9.59 Å². The van der Waals surface area contributed by atoms with Crippen molar-refractivity contribution in [3.8, 4) is 0 Å². The number of carboxylic acids is 1. The first-order valence-electron chi connectivity index (χ1n) is 8.02. The number of aliphatic carboxylic acids is 1. The molecular weight excluding hydrogens is 272 g/mol. The minimum atomic E-state index is -0.913. The van der Waals surface area contributed by atoms with Crippen molar-refractivity contribution in [2.24, 2.45) is 5.92 Å². The van der Waals surface area contributed by atoms with Gasteiger partial charge in [-0.2, -0.15) is 0 Å². The number of carbonyl (C=O) groups excluding carboxylic acids is 1. The molecule has 0 bridgehead atoms. The number of hydrogen-bond donors (Lipinski definition) is 2. The van der Waals surface area contributed by atoms with Crippen LogP contribution in [-0.4, -0.2) is 16.2 Å². The van der Waals surface area contributed by atoms with Gasteiger partial charge in [0.1, 0.15) is 0 Å². The van der Waals surface area contributed by atoms with Gasteiger partial charge in [-0.05, 0) is 6.42 Å². The van der Waals surface area contributed by atoms with E-state index in [1.54, 1.807) is 0 Å². The Kier molecular flexibility index (Phi) is 13.1. The van der Waals surface area contributed by atoms with E-state index < -0.39 is 11.9 Å². The summed E-state index contributed by atoms with van der Waals surface area (Å²) in [6.07, 6.45) is 13.0. The highest BCUT2D eigenvalue weighted by Crippen LogP contribution is 2.18. The van der Waals surface area contributed by atoms with E-state index in [-0.39, 0.29) is 11.5 Å². The van der Waals surface area contributed by atoms with Crippen LogP contribution in [0.1, 0.15) is 84.0 Å². The maximum atomic E-state index is 11.2. The van der Waals surface area contributed by atoms with Gasteiger partial charge in [0.2, 0.25) is 0 Å². The highest BCUT2D eigenvalue weighted by atomic mass is 32.1. The van der Waals surface area contributed by atoms with E-state index in [0.29, 0.717) is 6.42 Å². The molecule has 1 N–H and O–H groups in total. The van der Waals surface area contributed by atoms with Crippen molar-refractivity contribution in [1.29, 1.82) is 0 Å². The topological polar surface area (TPSA) is 54.4 Å². The molecule has 0 radical (unpaired) electrons. The Bertz CT molecular complexity index is 266. The van der Waals surface area contributed by atoms with E-state index >= 15 is 0 Å². The van der Waals surface area contributed by atoms with E-state index in [2.05, 4.69) is 19.6 Å². The molecule has 0 aliphatic heterocycles. The van der Waals surface area contributed by atoms with Crippen molar-refractivity contribution < 1.29 is 14.7 Å². The molecule has 1 unspecified atom stereocenters. The number of unbranched alkanes of at least 4 members (excludes halogenated alkanes) is 9. The lowest BCUT2D eigenvalue weighted by Gasteiger charge is -2.10. The van der Waals surface area contributed by atoms with E-state index in [9.17, 15) is 9.59 Å². The molecule has 0 aromatic carbocycles. The Balaban J connectivity index is 3.41. The first-order chi connectivity index (χ1) is 9.57. The second-order valence-electron chi connectivity index (χ2n) is 5.60. The van der Waals surface area contributed by atoms with E-state index in [1.807, 2.05) is 0 Å². The molecule has 0 aliphatic carbocycles. The van der Waals surface area contributed by atoms with E-state index in [4.69, 9.17) is 5.11 Å². The molecule has 0 fully saturated rings. The third-order valence-corrected chi connectivity index (χ3v) is 4.04. The number of rotatable bonds is 14. The molecule has 0 saturated carbocycles. The fraction of sp³-hybridized carbons (Fsp3) is 0.875. The summed E-state index contributed by atoms with van der Waals surface area (Å²) < 4.78 is 0. The molecule has 0 spiro atoms. The second-order valence-corrected chi connectivity index (χ2v) is 6.04. The smallest absolute Gasteiger partial charge is 0.304 e. The molecule has 20 heavy (non-hydrogen) atoms. The zero-order valence-corrected chi connectivity index (χ0v) is 13.7. The molecule has 118 valence electrons. The van der Waals surface area contributed by atoms with Crippen LogP contribution in [0, 0.1) is 5.92 Å². The molecule has 0 saturated heterocycles. The average Bonchev–Trinajstić information content (AvgIpc) is 2.39. The first kappa shape index (κ1) is 19.5. The monoisotopic (exact) mass is 302 g/mol. The molecule has 0 rings (SSSR count). The zero-order chi connectivity index (χ0) is 15.2. The minimum Gasteiger partial charge on any atom is -0.481 e. The molecule has 0 amide bonds. The summed E-state index contributed by atoms with van der Waals surface area (Å²) in [4.78, 5) is 21.8. The zero-order valence-electron chi connectivity index (χ0n) is 12.8. The summed E-state index contributed by atoms with van der Waals surface area (Å²) in [5.41, 5.74) is 0. The Morgan fingerprint density at radius 1 is 0.900 bits per heavy atom. The van der Waals surface area contributed by atoms with Gasteiger partial charge in [-0.15, -0.1) is 12.6 Å². The summed E-state index contributed by atoms with van der Waals surface area (Å²) in [5, 5.41) is 8.42. The normalized spacial score (nSPS) is 12.3. The lowest BCUT2D eigenvalue weighted by Crippen LogP contribution is -2.14. The summed E-state index contributed by atoms with van der Waals surface area (Å²) in [6.45, 7) is 2.23. The van der Waals surface area contributed by atoms with Crippen LogP contribution in [0.5, 0.6) is 0 Å².